The highest BCUT2D eigenvalue weighted by Crippen LogP contribution is 2.36. The van der Waals surface area contributed by atoms with Crippen molar-refractivity contribution in [1.82, 2.24) is 4.98 Å². The second kappa shape index (κ2) is 6.94. The lowest BCUT2D eigenvalue weighted by Gasteiger charge is -2.06. The lowest BCUT2D eigenvalue weighted by Crippen LogP contribution is -2.13. The molecule has 0 aliphatic rings. The van der Waals surface area contributed by atoms with Crippen LogP contribution in [0.5, 0.6) is 0 Å². The molecular weight excluding hydrogens is 392 g/mol. The number of aromatic carboxylic acids is 1. The monoisotopic (exact) mass is 402 g/mol. The van der Waals surface area contributed by atoms with E-state index in [9.17, 15) is 14.7 Å². The summed E-state index contributed by atoms with van der Waals surface area (Å²) < 4.78 is 0.907. The summed E-state index contributed by atoms with van der Waals surface area (Å²) in [7, 11) is 0. The van der Waals surface area contributed by atoms with Crippen LogP contribution in [-0.4, -0.2) is 22.0 Å². The highest BCUT2D eigenvalue weighted by molar-refractivity contribution is 9.10. The van der Waals surface area contributed by atoms with Gasteiger partial charge in [0.05, 0.1) is 0 Å². The van der Waals surface area contributed by atoms with Gasteiger partial charge in [-0.3, -0.25) is 9.78 Å². The minimum absolute atomic E-state index is 0.0877. The maximum Gasteiger partial charge on any atom is 0.339 e. The van der Waals surface area contributed by atoms with E-state index in [0.29, 0.717) is 16.1 Å². The fraction of sp³-hybridized carbons (Fsp3) is 0. The number of nitrogens with zero attached hydrogens (tertiary/aromatic N) is 1. The van der Waals surface area contributed by atoms with Crippen molar-refractivity contribution in [1.29, 1.82) is 0 Å². The number of anilines is 1. The predicted molar refractivity (Wildman–Crippen MR) is 96.6 cm³/mol. The van der Waals surface area contributed by atoms with Gasteiger partial charge in [0.1, 0.15) is 10.6 Å². The molecular formula is C17H11BrN2O3S. The van der Waals surface area contributed by atoms with Gasteiger partial charge < -0.3 is 10.4 Å². The van der Waals surface area contributed by atoms with Crippen molar-refractivity contribution in [2.75, 3.05) is 5.32 Å². The first-order valence-corrected chi connectivity index (χ1v) is 8.55. The summed E-state index contributed by atoms with van der Waals surface area (Å²) in [5.41, 5.74) is 1.85. The summed E-state index contributed by atoms with van der Waals surface area (Å²) in [6, 6.07) is 10.5. The van der Waals surface area contributed by atoms with Crippen LogP contribution in [0.3, 0.4) is 0 Å². The van der Waals surface area contributed by atoms with Gasteiger partial charge in [-0.25, -0.2) is 4.79 Å². The Morgan fingerprint density at radius 1 is 1.08 bits per heavy atom. The Morgan fingerprint density at radius 2 is 1.75 bits per heavy atom. The third kappa shape index (κ3) is 3.37. The quantitative estimate of drug-likeness (QED) is 0.671. The largest absolute Gasteiger partial charge is 0.478 e. The van der Waals surface area contributed by atoms with Crippen molar-refractivity contribution in [2.24, 2.45) is 0 Å². The van der Waals surface area contributed by atoms with Gasteiger partial charge in [0.2, 0.25) is 0 Å². The molecule has 0 bridgehead atoms. The van der Waals surface area contributed by atoms with E-state index in [0.717, 1.165) is 10.0 Å². The number of hydrogen-bond acceptors (Lipinski definition) is 4. The molecule has 120 valence electrons. The molecule has 5 nitrogen and oxygen atoms in total. The molecule has 3 rings (SSSR count). The van der Waals surface area contributed by atoms with Crippen LogP contribution >= 0.6 is 27.3 Å². The van der Waals surface area contributed by atoms with Gasteiger partial charge in [-0.15, -0.1) is 11.3 Å². The molecule has 0 saturated heterocycles. The summed E-state index contributed by atoms with van der Waals surface area (Å²) in [4.78, 5) is 27.8. The average molecular weight is 403 g/mol. The fourth-order valence-electron chi connectivity index (χ4n) is 2.18. The number of thiophene rings is 1. The first-order chi connectivity index (χ1) is 11.6. The summed E-state index contributed by atoms with van der Waals surface area (Å²) in [5.74, 6) is -1.46. The number of aromatic nitrogens is 1. The topological polar surface area (TPSA) is 79.3 Å². The Kier molecular flexibility index (Phi) is 4.73. The highest BCUT2D eigenvalue weighted by atomic mass is 79.9. The molecule has 0 saturated carbocycles. The molecule has 3 aromatic rings. The van der Waals surface area contributed by atoms with Crippen LogP contribution in [0.15, 0.2) is 58.6 Å². The van der Waals surface area contributed by atoms with Crippen molar-refractivity contribution in [3.63, 3.8) is 0 Å². The van der Waals surface area contributed by atoms with Crippen molar-refractivity contribution < 1.29 is 14.7 Å². The number of halogens is 1. The molecule has 0 aliphatic heterocycles. The number of carboxylic acid groups (broad SMARTS) is 1. The minimum atomic E-state index is -1.08. The lowest BCUT2D eigenvalue weighted by atomic mass is 10.0. The van der Waals surface area contributed by atoms with Crippen LogP contribution in [0.1, 0.15) is 20.7 Å². The van der Waals surface area contributed by atoms with Crippen LogP contribution in [-0.2, 0) is 0 Å². The van der Waals surface area contributed by atoms with Gasteiger partial charge in [0, 0.05) is 33.4 Å². The van der Waals surface area contributed by atoms with E-state index >= 15 is 0 Å². The number of nitrogens with one attached hydrogen (secondary N) is 1. The van der Waals surface area contributed by atoms with Gasteiger partial charge in [-0.05, 0) is 29.8 Å². The van der Waals surface area contributed by atoms with Crippen molar-refractivity contribution in [3.05, 3.63) is 69.8 Å². The van der Waals surface area contributed by atoms with E-state index in [-0.39, 0.29) is 11.5 Å². The Hall–Kier alpha value is -2.51. The Balaban J connectivity index is 1.96. The van der Waals surface area contributed by atoms with Crippen LogP contribution < -0.4 is 5.32 Å². The van der Waals surface area contributed by atoms with Crippen molar-refractivity contribution in [2.45, 2.75) is 0 Å². The van der Waals surface area contributed by atoms with Gasteiger partial charge in [-0.1, -0.05) is 28.1 Å². The van der Waals surface area contributed by atoms with Crippen LogP contribution in [0.25, 0.3) is 11.1 Å². The molecule has 2 heterocycles. The second-order valence-electron chi connectivity index (χ2n) is 4.86. The highest BCUT2D eigenvalue weighted by Gasteiger charge is 2.21. The number of carboxylic acids is 1. The van der Waals surface area contributed by atoms with E-state index < -0.39 is 5.97 Å². The fourth-order valence-corrected chi connectivity index (χ4v) is 3.40. The Morgan fingerprint density at radius 3 is 2.38 bits per heavy atom. The SMILES string of the molecule is O=C(Nc1scc(-c2ccc(Br)cc2)c1C(=O)O)c1ccncc1. The molecule has 24 heavy (non-hydrogen) atoms. The smallest absolute Gasteiger partial charge is 0.339 e. The minimum Gasteiger partial charge on any atom is -0.478 e. The molecule has 0 radical (unpaired) electrons. The van der Waals surface area contributed by atoms with Gasteiger partial charge >= 0.3 is 5.97 Å². The zero-order chi connectivity index (χ0) is 17.1. The molecule has 0 fully saturated rings. The van der Waals surface area contributed by atoms with E-state index in [1.54, 1.807) is 17.5 Å². The number of rotatable bonds is 4. The van der Waals surface area contributed by atoms with Crippen molar-refractivity contribution in [3.8, 4) is 11.1 Å². The summed E-state index contributed by atoms with van der Waals surface area (Å²) in [5, 5.41) is 14.3. The van der Waals surface area contributed by atoms with Gasteiger partial charge in [-0.2, -0.15) is 0 Å². The zero-order valence-electron chi connectivity index (χ0n) is 12.2. The predicted octanol–water partition coefficient (Wildman–Crippen LogP) is 4.52. The number of carbonyl (C=O) groups excluding carboxylic acids is 1. The summed E-state index contributed by atoms with van der Waals surface area (Å²) in [6.07, 6.45) is 3.02. The number of amides is 1. The number of benzene rings is 1. The zero-order valence-corrected chi connectivity index (χ0v) is 14.6. The van der Waals surface area contributed by atoms with Gasteiger partial charge in [0.15, 0.2) is 0 Å². The number of hydrogen-bond donors (Lipinski definition) is 2. The molecule has 1 amide bonds. The van der Waals surface area contributed by atoms with Crippen LogP contribution in [0.4, 0.5) is 5.00 Å². The van der Waals surface area contributed by atoms with Gasteiger partial charge in [0.25, 0.3) is 5.91 Å². The molecule has 7 heteroatoms. The third-order valence-electron chi connectivity index (χ3n) is 3.33. The Labute approximate surface area is 150 Å². The van der Waals surface area contributed by atoms with E-state index in [1.165, 1.54) is 23.7 Å². The third-order valence-corrected chi connectivity index (χ3v) is 4.75. The lowest BCUT2D eigenvalue weighted by molar-refractivity contribution is 0.0699. The first kappa shape index (κ1) is 16.4. The summed E-state index contributed by atoms with van der Waals surface area (Å²) in [6.45, 7) is 0. The average Bonchev–Trinajstić information content (AvgIpc) is 3.00. The Bertz CT molecular complexity index is 892. The van der Waals surface area contributed by atoms with Crippen LogP contribution in [0.2, 0.25) is 0 Å². The molecule has 0 spiro atoms. The summed E-state index contributed by atoms with van der Waals surface area (Å²) >= 11 is 4.54. The molecule has 0 unspecified atom stereocenters. The standard InChI is InChI=1S/C17H11BrN2O3S/c18-12-3-1-10(2-4-12)13-9-24-16(14(13)17(22)23)20-15(21)11-5-7-19-8-6-11/h1-9H,(H,20,21)(H,22,23). The maximum atomic E-state index is 12.2. The molecule has 1 aromatic carbocycles. The maximum absolute atomic E-state index is 12.2. The molecule has 2 N–H and O–H groups in total. The normalized spacial score (nSPS) is 10.4. The van der Waals surface area contributed by atoms with E-state index in [2.05, 4.69) is 26.2 Å². The molecule has 2 aromatic heterocycles. The second-order valence-corrected chi connectivity index (χ2v) is 6.65. The number of pyridine rings is 1. The van der Waals surface area contributed by atoms with Crippen molar-refractivity contribution >= 4 is 44.1 Å². The van der Waals surface area contributed by atoms with Crippen LogP contribution in [0, 0.1) is 0 Å². The van der Waals surface area contributed by atoms with E-state index in [4.69, 9.17) is 0 Å². The number of carbonyl (C=O) groups is 2. The first-order valence-electron chi connectivity index (χ1n) is 6.88. The molecule has 0 atom stereocenters. The molecule has 0 aliphatic carbocycles. The van der Waals surface area contributed by atoms with E-state index in [1.807, 2.05) is 24.3 Å².